The number of aromatic nitrogens is 3. The van der Waals surface area contributed by atoms with Crippen molar-refractivity contribution in [2.75, 3.05) is 6.54 Å². The summed E-state index contributed by atoms with van der Waals surface area (Å²) >= 11 is 5.83. The molecule has 0 aliphatic carbocycles. The van der Waals surface area contributed by atoms with Gasteiger partial charge in [0.05, 0.1) is 6.20 Å². The number of hydrogen-bond acceptors (Lipinski definition) is 5. The van der Waals surface area contributed by atoms with Crippen molar-refractivity contribution in [1.82, 2.24) is 20.3 Å². The molecule has 1 aromatic heterocycles. The van der Waals surface area contributed by atoms with E-state index in [0.717, 1.165) is 10.4 Å². The quantitative estimate of drug-likeness (QED) is 0.653. The van der Waals surface area contributed by atoms with Crippen molar-refractivity contribution in [2.45, 2.75) is 25.3 Å². The van der Waals surface area contributed by atoms with Gasteiger partial charge in [-0.3, -0.25) is 4.79 Å². The first-order valence-corrected chi connectivity index (χ1v) is 7.80. The largest absolute Gasteiger partial charge is 0.480 e. The van der Waals surface area contributed by atoms with Crippen LogP contribution in [0, 0.1) is 0 Å². The monoisotopic (exact) mass is 351 g/mol. The van der Waals surface area contributed by atoms with Crippen molar-refractivity contribution in [3.63, 3.8) is 0 Å². The fraction of sp³-hybridized carbons (Fsp3) is 0.333. The molecular formula is C15H18ClN5O3. The van der Waals surface area contributed by atoms with Crippen LogP contribution in [0.5, 0.6) is 0 Å². The van der Waals surface area contributed by atoms with Gasteiger partial charge >= 0.3 is 12.0 Å². The number of amides is 1. The molecule has 0 aliphatic rings. The second-order valence-corrected chi connectivity index (χ2v) is 5.64. The van der Waals surface area contributed by atoms with Crippen LogP contribution in [-0.4, -0.2) is 44.7 Å². The predicted molar refractivity (Wildman–Crippen MR) is 88.7 cm³/mol. The highest BCUT2D eigenvalue weighted by Crippen LogP contribution is 2.18. The van der Waals surface area contributed by atoms with Gasteiger partial charge in [0.25, 0.3) is 0 Å². The van der Waals surface area contributed by atoms with Crippen LogP contribution in [0.15, 0.2) is 30.5 Å². The van der Waals surface area contributed by atoms with E-state index in [1.54, 1.807) is 24.3 Å². The Balaban J connectivity index is 1.79. The van der Waals surface area contributed by atoms with E-state index in [9.17, 15) is 9.59 Å². The molecule has 1 amide bonds. The third-order valence-electron chi connectivity index (χ3n) is 3.35. The lowest BCUT2D eigenvalue weighted by atomic mass is 10.1. The maximum atomic E-state index is 11.9. The Morgan fingerprint density at radius 3 is 2.67 bits per heavy atom. The molecule has 2 aromatic rings. The van der Waals surface area contributed by atoms with Gasteiger partial charge in [0.2, 0.25) is 0 Å². The van der Waals surface area contributed by atoms with E-state index >= 15 is 0 Å². The van der Waals surface area contributed by atoms with E-state index in [0.29, 0.717) is 36.5 Å². The fourth-order valence-corrected chi connectivity index (χ4v) is 2.12. The number of nitrogens with one attached hydrogen (secondary N) is 1. The number of carboxylic acid groups (broad SMARTS) is 1. The van der Waals surface area contributed by atoms with E-state index < -0.39 is 18.0 Å². The van der Waals surface area contributed by atoms with Crippen LogP contribution in [0.3, 0.4) is 0 Å². The maximum Gasteiger partial charge on any atom is 0.359 e. The van der Waals surface area contributed by atoms with Crippen LogP contribution in [0.4, 0.5) is 4.79 Å². The van der Waals surface area contributed by atoms with Gasteiger partial charge < -0.3 is 16.2 Å². The van der Waals surface area contributed by atoms with Crippen LogP contribution >= 0.6 is 11.6 Å². The SMILES string of the molecule is N[C@@H](CCCCNC(=O)n1ncc(-c2ccc(Cl)cc2)n1)C(=O)O. The number of halogens is 1. The van der Waals surface area contributed by atoms with E-state index in [2.05, 4.69) is 15.5 Å². The minimum Gasteiger partial charge on any atom is -0.480 e. The van der Waals surface area contributed by atoms with Crippen molar-refractivity contribution in [3.8, 4) is 11.3 Å². The zero-order valence-corrected chi connectivity index (χ0v) is 13.6. The second-order valence-electron chi connectivity index (χ2n) is 5.20. The summed E-state index contributed by atoms with van der Waals surface area (Å²) in [5.41, 5.74) is 6.77. The lowest BCUT2D eigenvalue weighted by molar-refractivity contribution is -0.138. The van der Waals surface area contributed by atoms with Crippen molar-refractivity contribution >= 4 is 23.6 Å². The summed E-state index contributed by atoms with van der Waals surface area (Å²) in [6, 6.07) is 5.74. The highest BCUT2D eigenvalue weighted by Gasteiger charge is 2.11. The number of unbranched alkanes of at least 4 members (excludes halogenated alkanes) is 1. The molecule has 24 heavy (non-hydrogen) atoms. The Kier molecular flexibility index (Phi) is 6.28. The number of rotatable bonds is 7. The molecule has 128 valence electrons. The summed E-state index contributed by atoms with van der Waals surface area (Å²) in [5.74, 6) is -1.02. The Bertz CT molecular complexity index is 701. The highest BCUT2D eigenvalue weighted by molar-refractivity contribution is 6.30. The first-order chi connectivity index (χ1) is 11.5. The summed E-state index contributed by atoms with van der Waals surface area (Å²) in [6.07, 6.45) is 3.09. The summed E-state index contributed by atoms with van der Waals surface area (Å²) < 4.78 is 0. The summed E-state index contributed by atoms with van der Waals surface area (Å²) in [4.78, 5) is 23.5. The number of nitrogens with zero attached hydrogens (tertiary/aromatic N) is 3. The van der Waals surface area contributed by atoms with Crippen LogP contribution < -0.4 is 11.1 Å². The van der Waals surface area contributed by atoms with Crippen molar-refractivity contribution in [3.05, 3.63) is 35.5 Å². The topological polar surface area (TPSA) is 123 Å². The Labute approximate surface area is 143 Å². The maximum absolute atomic E-state index is 11.9. The van der Waals surface area contributed by atoms with E-state index in [-0.39, 0.29) is 0 Å². The number of nitrogens with two attached hydrogens (primary N) is 1. The average molecular weight is 352 g/mol. The molecule has 9 heteroatoms. The van der Waals surface area contributed by atoms with Gasteiger partial charge in [-0.05, 0) is 31.4 Å². The summed E-state index contributed by atoms with van der Waals surface area (Å²) in [6.45, 7) is 0.392. The number of carboxylic acids is 1. The molecular weight excluding hydrogens is 334 g/mol. The predicted octanol–water partition coefficient (Wildman–Crippen LogP) is 1.74. The smallest absolute Gasteiger partial charge is 0.359 e. The molecule has 0 radical (unpaired) electrons. The van der Waals surface area contributed by atoms with Gasteiger partial charge in [-0.15, -0.1) is 5.10 Å². The van der Waals surface area contributed by atoms with Gasteiger partial charge in [-0.25, -0.2) is 4.79 Å². The summed E-state index contributed by atoms with van der Waals surface area (Å²) in [5, 5.41) is 20.0. The van der Waals surface area contributed by atoms with Crippen molar-refractivity contribution in [2.24, 2.45) is 5.73 Å². The van der Waals surface area contributed by atoms with Gasteiger partial charge in [0.15, 0.2) is 0 Å². The molecule has 2 rings (SSSR count). The van der Waals surface area contributed by atoms with Gasteiger partial charge in [-0.2, -0.15) is 5.10 Å². The molecule has 1 heterocycles. The zero-order chi connectivity index (χ0) is 17.5. The number of benzene rings is 1. The Morgan fingerprint density at radius 1 is 1.29 bits per heavy atom. The second kappa shape index (κ2) is 8.42. The lowest BCUT2D eigenvalue weighted by Crippen LogP contribution is -2.32. The Morgan fingerprint density at radius 2 is 2.00 bits per heavy atom. The first-order valence-electron chi connectivity index (χ1n) is 7.42. The normalized spacial score (nSPS) is 11.9. The minimum atomic E-state index is -1.02. The van der Waals surface area contributed by atoms with Crippen LogP contribution in [0.25, 0.3) is 11.3 Å². The van der Waals surface area contributed by atoms with E-state index in [1.807, 2.05) is 0 Å². The van der Waals surface area contributed by atoms with Gasteiger partial charge in [0, 0.05) is 17.1 Å². The zero-order valence-electron chi connectivity index (χ0n) is 12.9. The van der Waals surface area contributed by atoms with Crippen LogP contribution in [-0.2, 0) is 4.79 Å². The number of aliphatic carboxylic acids is 1. The number of carbonyl (C=O) groups is 2. The molecule has 0 fully saturated rings. The van der Waals surface area contributed by atoms with E-state index in [1.165, 1.54) is 6.20 Å². The highest BCUT2D eigenvalue weighted by atomic mass is 35.5. The first kappa shape index (κ1) is 17.9. The molecule has 8 nitrogen and oxygen atoms in total. The molecule has 0 saturated heterocycles. The van der Waals surface area contributed by atoms with Gasteiger partial charge in [-0.1, -0.05) is 28.5 Å². The van der Waals surface area contributed by atoms with Crippen LogP contribution in [0.1, 0.15) is 19.3 Å². The Hall–Kier alpha value is -2.45. The van der Waals surface area contributed by atoms with Crippen LogP contribution in [0.2, 0.25) is 5.02 Å². The van der Waals surface area contributed by atoms with E-state index in [4.69, 9.17) is 22.4 Å². The van der Waals surface area contributed by atoms with Crippen molar-refractivity contribution < 1.29 is 14.7 Å². The number of carbonyl (C=O) groups excluding carboxylic acids is 1. The number of hydrogen-bond donors (Lipinski definition) is 3. The molecule has 1 aromatic carbocycles. The van der Waals surface area contributed by atoms with Crippen molar-refractivity contribution in [1.29, 1.82) is 0 Å². The molecule has 0 saturated carbocycles. The third-order valence-corrected chi connectivity index (χ3v) is 3.60. The molecule has 0 unspecified atom stereocenters. The van der Waals surface area contributed by atoms with Gasteiger partial charge in [0.1, 0.15) is 11.7 Å². The standard InChI is InChI=1S/C15H18ClN5O3/c16-11-6-4-10(5-7-11)13-9-19-21(20-13)15(24)18-8-2-1-3-12(17)14(22)23/h4-7,9,12H,1-3,8,17H2,(H,18,24)(H,22,23)/t12-/m0/s1. The molecule has 0 spiro atoms. The molecule has 0 aliphatic heterocycles. The third kappa shape index (κ3) is 5.04. The minimum absolute atomic E-state index is 0.367. The fourth-order valence-electron chi connectivity index (χ4n) is 1.99. The molecule has 1 atom stereocenters. The lowest BCUT2D eigenvalue weighted by Gasteiger charge is -2.06. The molecule has 0 bridgehead atoms. The average Bonchev–Trinajstić information content (AvgIpc) is 3.04. The summed E-state index contributed by atoms with van der Waals surface area (Å²) in [7, 11) is 0. The molecule has 4 N–H and O–H groups in total.